The number of carbonyl (C=O) groups is 2. The van der Waals surface area contributed by atoms with Gasteiger partial charge in [-0.3, -0.25) is 4.79 Å². The topological polar surface area (TPSA) is 84.2 Å². The number of aromatic nitrogens is 2. The summed E-state index contributed by atoms with van der Waals surface area (Å²) in [7, 11) is 0. The molecule has 0 spiro atoms. The van der Waals surface area contributed by atoms with Crippen molar-refractivity contribution in [2.45, 2.75) is 66.4 Å². The van der Waals surface area contributed by atoms with Gasteiger partial charge < -0.3 is 19.4 Å². The Bertz CT molecular complexity index is 1080. The zero-order valence-corrected chi connectivity index (χ0v) is 20.0. The van der Waals surface area contributed by atoms with Crippen LogP contribution in [0.1, 0.15) is 76.9 Å². The van der Waals surface area contributed by atoms with Gasteiger partial charge in [-0.15, -0.1) is 0 Å². The van der Waals surface area contributed by atoms with Crippen LogP contribution in [0.25, 0.3) is 0 Å². The van der Waals surface area contributed by atoms with Crippen LogP contribution >= 0.6 is 0 Å². The van der Waals surface area contributed by atoms with Gasteiger partial charge in [0.05, 0.1) is 6.61 Å². The second-order valence-corrected chi connectivity index (χ2v) is 8.24. The fourth-order valence-electron chi connectivity index (χ4n) is 4.28. The summed E-state index contributed by atoms with van der Waals surface area (Å²) in [6.45, 7) is 8.27. The third kappa shape index (κ3) is 6.15. The van der Waals surface area contributed by atoms with Crippen LogP contribution in [0.4, 0.5) is 0 Å². The number of esters is 2. The normalized spacial score (nSPS) is 10.9. The molecule has 6 nitrogen and oxygen atoms in total. The van der Waals surface area contributed by atoms with Gasteiger partial charge in [0.2, 0.25) is 0 Å². The van der Waals surface area contributed by atoms with Crippen LogP contribution in [0.5, 0.6) is 0 Å². The highest BCUT2D eigenvalue weighted by Crippen LogP contribution is 2.26. The van der Waals surface area contributed by atoms with E-state index in [0.717, 1.165) is 35.2 Å². The smallest absolute Gasteiger partial charge is 0.355 e. The minimum Gasteiger partial charge on any atom is -0.466 e. The van der Waals surface area contributed by atoms with Crippen molar-refractivity contribution in [1.29, 1.82) is 0 Å². The highest BCUT2D eigenvalue weighted by Gasteiger charge is 2.22. The summed E-state index contributed by atoms with van der Waals surface area (Å²) >= 11 is 0. The minimum atomic E-state index is -0.361. The molecule has 0 aliphatic rings. The summed E-state index contributed by atoms with van der Waals surface area (Å²) in [4.78, 5) is 30.8. The van der Waals surface area contributed by atoms with Crippen molar-refractivity contribution >= 4 is 11.9 Å². The maximum Gasteiger partial charge on any atom is 0.355 e. The second-order valence-electron chi connectivity index (χ2n) is 8.24. The third-order valence-electron chi connectivity index (χ3n) is 6.02. The Kier molecular flexibility index (Phi) is 8.52. The lowest BCUT2D eigenvalue weighted by molar-refractivity contribution is -0.141. The van der Waals surface area contributed by atoms with Crippen molar-refractivity contribution in [3.63, 3.8) is 0 Å². The average molecular weight is 451 g/mol. The van der Waals surface area contributed by atoms with Gasteiger partial charge in [0.1, 0.15) is 12.3 Å². The lowest BCUT2D eigenvalue weighted by atomic mass is 9.99. The van der Waals surface area contributed by atoms with Gasteiger partial charge in [0, 0.05) is 30.9 Å². The van der Waals surface area contributed by atoms with Crippen molar-refractivity contribution in [3.8, 4) is 0 Å². The molecule has 2 N–H and O–H groups in total. The lowest BCUT2D eigenvalue weighted by Gasteiger charge is -2.08. The highest BCUT2D eigenvalue weighted by molar-refractivity contribution is 5.89. The molecule has 0 aliphatic carbocycles. The SMILES string of the molecule is CCc1c[nH]c(Cc2[nH]c(C(=O)OCc3ccccc3)c(C)c2CCCOC(C)=O)c1CC. The van der Waals surface area contributed by atoms with Crippen molar-refractivity contribution in [1.82, 2.24) is 9.97 Å². The Labute approximate surface area is 195 Å². The molecular weight excluding hydrogens is 416 g/mol. The summed E-state index contributed by atoms with van der Waals surface area (Å²) in [5, 5.41) is 0. The largest absolute Gasteiger partial charge is 0.466 e. The van der Waals surface area contributed by atoms with Crippen molar-refractivity contribution in [2.24, 2.45) is 0 Å². The molecule has 176 valence electrons. The van der Waals surface area contributed by atoms with Crippen LogP contribution in [0.3, 0.4) is 0 Å². The molecule has 0 unspecified atom stereocenters. The third-order valence-corrected chi connectivity index (χ3v) is 6.02. The molecule has 6 heteroatoms. The first kappa shape index (κ1) is 24.4. The molecule has 3 aromatic rings. The maximum absolute atomic E-state index is 12.9. The van der Waals surface area contributed by atoms with Crippen LogP contribution in [-0.4, -0.2) is 28.5 Å². The number of aryl methyl sites for hydroxylation is 1. The van der Waals surface area contributed by atoms with Crippen LogP contribution in [-0.2, 0) is 46.6 Å². The summed E-state index contributed by atoms with van der Waals surface area (Å²) in [5.41, 5.74) is 8.25. The minimum absolute atomic E-state index is 0.228. The van der Waals surface area contributed by atoms with Gasteiger partial charge in [0.15, 0.2) is 0 Å². The molecule has 0 atom stereocenters. The number of hydrogen-bond acceptors (Lipinski definition) is 4. The fourth-order valence-corrected chi connectivity index (χ4v) is 4.28. The first-order valence-corrected chi connectivity index (χ1v) is 11.7. The Morgan fingerprint density at radius 3 is 2.39 bits per heavy atom. The van der Waals surface area contributed by atoms with E-state index in [0.29, 0.717) is 31.6 Å². The number of rotatable bonds is 11. The van der Waals surface area contributed by atoms with Crippen LogP contribution in [0.15, 0.2) is 36.5 Å². The van der Waals surface area contributed by atoms with Gasteiger partial charge in [-0.05, 0) is 60.4 Å². The first-order chi connectivity index (χ1) is 15.9. The molecule has 3 rings (SSSR count). The van der Waals surface area contributed by atoms with E-state index in [9.17, 15) is 9.59 Å². The van der Waals surface area contributed by atoms with Crippen molar-refractivity contribution in [2.75, 3.05) is 6.61 Å². The predicted octanol–water partition coefficient (Wildman–Crippen LogP) is 5.22. The molecule has 0 aliphatic heterocycles. The standard InChI is InChI=1S/C27H34N2O4/c1-5-21-16-28-24(22(21)6-2)15-25-23(13-10-14-32-19(4)30)18(3)26(29-25)27(31)33-17-20-11-8-7-9-12-20/h7-9,11-12,16,28-29H,5-6,10,13-15,17H2,1-4H3. The molecule has 33 heavy (non-hydrogen) atoms. The Hall–Kier alpha value is -3.28. The molecule has 2 heterocycles. The molecule has 1 aromatic carbocycles. The van der Waals surface area contributed by atoms with Gasteiger partial charge in [0.25, 0.3) is 0 Å². The monoisotopic (exact) mass is 450 g/mol. The number of hydrogen-bond donors (Lipinski definition) is 2. The average Bonchev–Trinajstić information content (AvgIpc) is 3.35. The van der Waals surface area contributed by atoms with Gasteiger partial charge in [-0.25, -0.2) is 4.79 Å². The zero-order chi connectivity index (χ0) is 23.8. The molecule has 0 amide bonds. The molecule has 2 aromatic heterocycles. The van der Waals surface area contributed by atoms with E-state index in [4.69, 9.17) is 9.47 Å². The van der Waals surface area contributed by atoms with E-state index in [1.807, 2.05) is 37.3 Å². The van der Waals surface area contributed by atoms with Crippen LogP contribution in [0.2, 0.25) is 0 Å². The zero-order valence-electron chi connectivity index (χ0n) is 20.0. The Balaban J connectivity index is 1.83. The summed E-state index contributed by atoms with van der Waals surface area (Å²) < 4.78 is 10.7. The molecule has 0 saturated carbocycles. The summed E-state index contributed by atoms with van der Waals surface area (Å²) in [6, 6.07) is 9.65. The molecule has 0 fully saturated rings. The Morgan fingerprint density at radius 1 is 0.970 bits per heavy atom. The fraction of sp³-hybridized carbons (Fsp3) is 0.407. The molecule has 0 radical (unpaired) electrons. The van der Waals surface area contributed by atoms with E-state index in [1.54, 1.807) is 0 Å². The molecule has 0 saturated heterocycles. The van der Waals surface area contributed by atoms with Crippen LogP contribution in [0, 0.1) is 6.92 Å². The van der Waals surface area contributed by atoms with Crippen molar-refractivity contribution in [3.05, 3.63) is 81.4 Å². The van der Waals surface area contributed by atoms with E-state index in [1.165, 1.54) is 23.7 Å². The number of benzene rings is 1. The van der Waals surface area contributed by atoms with Gasteiger partial charge in [-0.2, -0.15) is 0 Å². The van der Waals surface area contributed by atoms with E-state index in [2.05, 4.69) is 30.0 Å². The molecular formula is C27H34N2O4. The number of ether oxygens (including phenoxy) is 2. The summed E-state index contributed by atoms with van der Waals surface area (Å²) in [6.07, 6.45) is 6.10. The summed E-state index contributed by atoms with van der Waals surface area (Å²) in [5.74, 6) is -0.641. The highest BCUT2D eigenvalue weighted by atomic mass is 16.5. The van der Waals surface area contributed by atoms with Gasteiger partial charge in [-0.1, -0.05) is 44.2 Å². The Morgan fingerprint density at radius 2 is 1.73 bits per heavy atom. The van der Waals surface area contributed by atoms with Crippen molar-refractivity contribution < 1.29 is 19.1 Å². The lowest BCUT2D eigenvalue weighted by Crippen LogP contribution is -2.07. The number of nitrogens with one attached hydrogen (secondary N) is 2. The second kappa shape index (κ2) is 11.5. The van der Waals surface area contributed by atoms with E-state index < -0.39 is 0 Å². The first-order valence-electron chi connectivity index (χ1n) is 11.7. The van der Waals surface area contributed by atoms with E-state index >= 15 is 0 Å². The number of aromatic amines is 2. The van der Waals surface area contributed by atoms with Crippen LogP contribution < -0.4 is 0 Å². The molecule has 0 bridgehead atoms. The number of carbonyl (C=O) groups excluding carboxylic acids is 2. The number of H-pyrrole nitrogens is 2. The van der Waals surface area contributed by atoms with Gasteiger partial charge >= 0.3 is 11.9 Å². The maximum atomic E-state index is 12.9. The quantitative estimate of drug-likeness (QED) is 0.310. The predicted molar refractivity (Wildman–Crippen MR) is 128 cm³/mol. The van der Waals surface area contributed by atoms with E-state index in [-0.39, 0.29) is 18.5 Å².